The van der Waals surface area contributed by atoms with Crippen LogP contribution in [0.25, 0.3) is 0 Å². The molecule has 0 aliphatic rings. The van der Waals surface area contributed by atoms with Crippen molar-refractivity contribution in [2.45, 2.75) is 33.3 Å². The Morgan fingerprint density at radius 3 is 2.31 bits per heavy atom. The van der Waals surface area contributed by atoms with Crippen molar-refractivity contribution in [3.63, 3.8) is 0 Å². The number of rotatable bonds is 6. The molecule has 0 aromatic carbocycles. The van der Waals surface area contributed by atoms with Crippen LogP contribution in [0.1, 0.15) is 27.2 Å². The maximum absolute atomic E-state index is 8.60. The predicted octanol–water partition coefficient (Wildman–Crippen LogP) is 2.23. The van der Waals surface area contributed by atoms with E-state index in [0.717, 1.165) is 6.42 Å². The van der Waals surface area contributed by atoms with Crippen LogP contribution in [-0.4, -0.2) is 24.9 Å². The van der Waals surface area contributed by atoms with E-state index in [9.17, 15) is 0 Å². The lowest BCUT2D eigenvalue weighted by molar-refractivity contribution is 0.0378. The highest BCUT2D eigenvalue weighted by atomic mass is 16.5. The second kappa shape index (κ2) is 7.10. The Balaban J connectivity index is 3.97. The molecule has 0 fully saturated rings. The monoisotopic (exact) mass is 186 g/mol. The van der Waals surface area contributed by atoms with Gasteiger partial charge in [-0.15, -0.1) is 0 Å². The van der Waals surface area contributed by atoms with Crippen LogP contribution >= 0.6 is 0 Å². The molecule has 0 rings (SSSR count). The fraction of sp³-hybridized carbons (Fsp3) is 0.818. The van der Waals surface area contributed by atoms with Gasteiger partial charge >= 0.3 is 0 Å². The Morgan fingerprint density at radius 2 is 1.92 bits per heavy atom. The van der Waals surface area contributed by atoms with Crippen LogP contribution in [0, 0.1) is 11.8 Å². The molecule has 0 aliphatic carbocycles. The van der Waals surface area contributed by atoms with Gasteiger partial charge in [0.2, 0.25) is 0 Å². The average molecular weight is 186 g/mol. The number of hydrogen-bond donors (Lipinski definition) is 1. The fourth-order valence-corrected chi connectivity index (χ4v) is 1.59. The third kappa shape index (κ3) is 5.06. The second-order valence-electron chi connectivity index (χ2n) is 3.74. The molecule has 0 aliphatic heterocycles. The van der Waals surface area contributed by atoms with E-state index in [0.29, 0.717) is 11.8 Å². The molecule has 2 atom stereocenters. The van der Waals surface area contributed by atoms with E-state index in [1.165, 1.54) is 0 Å². The molecule has 0 bridgehead atoms. The summed E-state index contributed by atoms with van der Waals surface area (Å²) in [6, 6.07) is 0. The van der Waals surface area contributed by atoms with Crippen LogP contribution in [-0.2, 0) is 4.74 Å². The van der Waals surface area contributed by atoms with Crippen LogP contribution in [0.15, 0.2) is 12.2 Å². The van der Waals surface area contributed by atoms with Crippen molar-refractivity contribution in [3.05, 3.63) is 12.2 Å². The fourth-order valence-electron chi connectivity index (χ4n) is 1.59. The highest BCUT2D eigenvalue weighted by molar-refractivity contribution is 4.90. The van der Waals surface area contributed by atoms with Crippen molar-refractivity contribution >= 4 is 0 Å². The molecule has 78 valence electrons. The van der Waals surface area contributed by atoms with Gasteiger partial charge in [0.25, 0.3) is 0 Å². The number of hydrogen-bond acceptors (Lipinski definition) is 2. The first-order chi connectivity index (χ1) is 6.13. The smallest absolute Gasteiger partial charge is 0.0654 e. The van der Waals surface area contributed by atoms with Crippen molar-refractivity contribution in [3.8, 4) is 0 Å². The Labute approximate surface area is 81.6 Å². The molecule has 13 heavy (non-hydrogen) atoms. The Bertz CT molecular complexity index is 141. The normalized spacial score (nSPS) is 16.8. The molecule has 0 unspecified atom stereocenters. The topological polar surface area (TPSA) is 29.5 Å². The van der Waals surface area contributed by atoms with Gasteiger partial charge in [-0.2, -0.15) is 0 Å². The molecule has 0 aromatic heterocycles. The first-order valence-corrected chi connectivity index (χ1v) is 4.93. The molecule has 2 heteroatoms. The minimum Gasteiger partial charge on any atom is -0.396 e. The van der Waals surface area contributed by atoms with E-state index < -0.39 is 0 Å². The van der Waals surface area contributed by atoms with E-state index in [4.69, 9.17) is 9.84 Å². The van der Waals surface area contributed by atoms with E-state index in [1.807, 2.05) is 6.08 Å². The van der Waals surface area contributed by atoms with Crippen LogP contribution < -0.4 is 0 Å². The summed E-state index contributed by atoms with van der Waals surface area (Å²) in [5, 5.41) is 8.60. The van der Waals surface area contributed by atoms with Gasteiger partial charge in [-0.05, 0) is 12.3 Å². The van der Waals surface area contributed by atoms with Crippen molar-refractivity contribution in [1.82, 2.24) is 0 Å². The zero-order chi connectivity index (χ0) is 10.3. The van der Waals surface area contributed by atoms with Gasteiger partial charge in [-0.25, -0.2) is 0 Å². The molecular formula is C11H22O2. The third-order valence-electron chi connectivity index (χ3n) is 2.18. The summed E-state index contributed by atoms with van der Waals surface area (Å²) in [5.74, 6) is 0.940. The number of aliphatic hydroxyl groups is 1. The third-order valence-corrected chi connectivity index (χ3v) is 2.18. The summed E-state index contributed by atoms with van der Waals surface area (Å²) in [4.78, 5) is 0. The number of aliphatic hydroxyl groups excluding tert-OH is 1. The lowest BCUT2D eigenvalue weighted by Crippen LogP contribution is -2.24. The lowest BCUT2D eigenvalue weighted by atomic mass is 9.94. The number of methoxy groups -OCH3 is 1. The van der Waals surface area contributed by atoms with Crippen LogP contribution in [0.5, 0.6) is 0 Å². The van der Waals surface area contributed by atoms with E-state index in [-0.39, 0.29) is 12.7 Å². The van der Waals surface area contributed by atoms with Crippen molar-refractivity contribution in [2.24, 2.45) is 11.8 Å². The van der Waals surface area contributed by atoms with Crippen LogP contribution in [0.2, 0.25) is 0 Å². The highest BCUT2D eigenvalue weighted by Crippen LogP contribution is 2.17. The molecule has 2 nitrogen and oxygen atoms in total. The maximum atomic E-state index is 8.60. The van der Waals surface area contributed by atoms with Gasteiger partial charge in [0.05, 0.1) is 6.10 Å². The Kier molecular flexibility index (Phi) is 6.92. The quantitative estimate of drug-likeness (QED) is 0.645. The first kappa shape index (κ1) is 12.7. The summed E-state index contributed by atoms with van der Waals surface area (Å²) in [7, 11) is 1.75. The molecule has 0 spiro atoms. The van der Waals surface area contributed by atoms with Gasteiger partial charge in [-0.1, -0.05) is 32.9 Å². The van der Waals surface area contributed by atoms with E-state index >= 15 is 0 Å². The Morgan fingerprint density at radius 1 is 1.31 bits per heavy atom. The minimum atomic E-state index is 0.225. The summed E-state index contributed by atoms with van der Waals surface area (Å²) in [6.07, 6.45) is 5.14. The second-order valence-corrected chi connectivity index (χ2v) is 3.74. The summed E-state index contributed by atoms with van der Waals surface area (Å²) >= 11 is 0. The standard InChI is InChI=1S/C11H22O2/c1-9(2)11(13-4)10(3)7-5-6-8-12/h5,7,9-12H,6,8H2,1-4H3/b7-5+/t10-,11-/m1/s1. The average Bonchev–Trinajstić information content (AvgIpc) is 2.05. The van der Waals surface area contributed by atoms with E-state index in [2.05, 4.69) is 26.8 Å². The lowest BCUT2D eigenvalue weighted by Gasteiger charge is -2.23. The van der Waals surface area contributed by atoms with Gasteiger partial charge < -0.3 is 9.84 Å². The highest BCUT2D eigenvalue weighted by Gasteiger charge is 2.17. The zero-order valence-electron chi connectivity index (χ0n) is 9.16. The van der Waals surface area contributed by atoms with Gasteiger partial charge in [0.1, 0.15) is 0 Å². The summed E-state index contributed by atoms with van der Waals surface area (Å²) < 4.78 is 5.39. The van der Waals surface area contributed by atoms with Crippen molar-refractivity contribution in [2.75, 3.05) is 13.7 Å². The summed E-state index contributed by atoms with van der Waals surface area (Å²) in [5.41, 5.74) is 0. The molecule has 0 heterocycles. The van der Waals surface area contributed by atoms with Crippen molar-refractivity contribution in [1.29, 1.82) is 0 Å². The largest absolute Gasteiger partial charge is 0.396 e. The SMILES string of the molecule is CO[C@H](C(C)C)[C@H](C)/C=C/CCO. The molecule has 0 saturated heterocycles. The molecule has 1 N–H and O–H groups in total. The first-order valence-electron chi connectivity index (χ1n) is 4.93. The molecule has 0 amide bonds. The minimum absolute atomic E-state index is 0.225. The molecule has 0 saturated carbocycles. The Hall–Kier alpha value is -0.340. The van der Waals surface area contributed by atoms with Gasteiger partial charge in [0.15, 0.2) is 0 Å². The van der Waals surface area contributed by atoms with Gasteiger partial charge in [0, 0.05) is 19.6 Å². The number of ether oxygens (including phenoxy) is 1. The summed E-state index contributed by atoms with van der Waals surface area (Å²) in [6.45, 7) is 6.68. The predicted molar refractivity (Wildman–Crippen MR) is 55.6 cm³/mol. The molecular weight excluding hydrogens is 164 g/mol. The molecule has 0 aromatic rings. The zero-order valence-corrected chi connectivity index (χ0v) is 9.16. The van der Waals surface area contributed by atoms with Crippen LogP contribution in [0.4, 0.5) is 0 Å². The van der Waals surface area contributed by atoms with Crippen molar-refractivity contribution < 1.29 is 9.84 Å². The van der Waals surface area contributed by atoms with Crippen LogP contribution in [0.3, 0.4) is 0 Å². The van der Waals surface area contributed by atoms with E-state index in [1.54, 1.807) is 7.11 Å². The van der Waals surface area contributed by atoms with Gasteiger partial charge in [-0.3, -0.25) is 0 Å². The maximum Gasteiger partial charge on any atom is 0.0654 e. The molecule has 0 radical (unpaired) electrons.